The van der Waals surface area contributed by atoms with E-state index in [4.69, 9.17) is 11.6 Å². The van der Waals surface area contributed by atoms with Gasteiger partial charge in [0, 0.05) is 17.1 Å². The molecule has 0 spiro atoms. The van der Waals surface area contributed by atoms with Crippen LogP contribution >= 0.6 is 11.6 Å². The van der Waals surface area contributed by atoms with Crippen LogP contribution in [0.2, 0.25) is 5.02 Å². The van der Waals surface area contributed by atoms with Crippen LogP contribution in [0.15, 0.2) is 12.1 Å². The van der Waals surface area contributed by atoms with Crippen molar-refractivity contribution in [2.75, 3.05) is 25.5 Å². The van der Waals surface area contributed by atoms with Gasteiger partial charge < -0.3 is 9.80 Å². The summed E-state index contributed by atoms with van der Waals surface area (Å²) in [6.07, 6.45) is 4.24. The maximum Gasteiger partial charge on any atom is 0.282 e. The molecule has 2 atom stereocenters. The highest BCUT2D eigenvalue weighted by Gasteiger charge is 2.36. The summed E-state index contributed by atoms with van der Waals surface area (Å²) < 4.78 is 0.818. The fourth-order valence-electron chi connectivity index (χ4n) is 3.68. The van der Waals surface area contributed by atoms with Crippen molar-refractivity contribution in [1.29, 1.82) is 0 Å². The monoisotopic (exact) mass is 353 g/mol. The molecule has 1 aromatic carbocycles. The maximum absolute atomic E-state index is 13.1. The first-order valence-corrected chi connectivity index (χ1v) is 9.58. The molecule has 0 fully saturated rings. The SMILES string of the molecule is CCCC[N+](C)(CCC)C(CC)C(=O)Nc1c(C)cc(Cl)cc1C. The number of hydrogen-bond donors (Lipinski definition) is 1. The molecule has 1 aromatic rings. The van der Waals surface area contributed by atoms with Crippen molar-refractivity contribution in [1.82, 2.24) is 0 Å². The van der Waals surface area contributed by atoms with E-state index < -0.39 is 0 Å². The Morgan fingerprint density at radius 2 is 1.71 bits per heavy atom. The van der Waals surface area contributed by atoms with Gasteiger partial charge in [-0.15, -0.1) is 0 Å². The van der Waals surface area contributed by atoms with Crippen LogP contribution < -0.4 is 5.32 Å². The molecule has 0 aliphatic rings. The number of likely N-dealkylation sites (N-methyl/N-ethyl adjacent to an activating group) is 1. The summed E-state index contributed by atoms with van der Waals surface area (Å²) in [5, 5.41) is 3.90. The Labute approximate surface area is 153 Å². The number of unbranched alkanes of at least 4 members (excludes halogenated alkanes) is 1. The molecule has 136 valence electrons. The molecule has 0 saturated heterocycles. The molecule has 24 heavy (non-hydrogen) atoms. The Balaban J connectivity index is 3.04. The van der Waals surface area contributed by atoms with Gasteiger partial charge in [-0.25, -0.2) is 0 Å². The number of nitrogens with zero attached hydrogens (tertiary/aromatic N) is 1. The van der Waals surface area contributed by atoms with E-state index in [1.54, 1.807) is 0 Å². The van der Waals surface area contributed by atoms with Crippen molar-refractivity contribution >= 4 is 23.2 Å². The molecule has 0 saturated carbocycles. The second kappa shape index (κ2) is 9.43. The molecule has 1 N–H and O–H groups in total. The summed E-state index contributed by atoms with van der Waals surface area (Å²) in [6, 6.07) is 3.79. The standard InChI is InChI=1S/C20H33ClN2O/c1-7-10-12-23(6,11-8-2)18(9-3)20(24)22-19-15(4)13-17(21)14-16(19)5/h13-14,18H,7-12H2,1-6H3/p+1. The van der Waals surface area contributed by atoms with Crippen LogP contribution in [0.3, 0.4) is 0 Å². The van der Waals surface area contributed by atoms with Gasteiger partial charge in [-0.2, -0.15) is 0 Å². The third-order valence-electron chi connectivity index (χ3n) is 4.94. The van der Waals surface area contributed by atoms with Crippen LogP contribution in [-0.2, 0) is 4.79 Å². The Kier molecular flexibility index (Phi) is 8.24. The molecule has 2 unspecified atom stereocenters. The van der Waals surface area contributed by atoms with E-state index in [0.717, 1.165) is 60.1 Å². The summed E-state index contributed by atoms with van der Waals surface area (Å²) >= 11 is 6.10. The summed E-state index contributed by atoms with van der Waals surface area (Å²) in [7, 11) is 2.23. The number of nitrogens with one attached hydrogen (secondary N) is 1. The number of quaternary nitrogens is 1. The molecule has 0 aliphatic carbocycles. The molecule has 0 radical (unpaired) electrons. The van der Waals surface area contributed by atoms with Gasteiger partial charge in [0.2, 0.25) is 0 Å². The molecule has 0 heterocycles. The van der Waals surface area contributed by atoms with E-state index >= 15 is 0 Å². The van der Waals surface area contributed by atoms with E-state index in [1.807, 2.05) is 26.0 Å². The minimum atomic E-state index is -0.0222. The number of carbonyl (C=O) groups excluding carboxylic acids is 1. The van der Waals surface area contributed by atoms with Gasteiger partial charge in [0.15, 0.2) is 6.04 Å². The van der Waals surface area contributed by atoms with Crippen LogP contribution in [-0.4, -0.2) is 36.6 Å². The molecule has 0 bridgehead atoms. The number of benzene rings is 1. The zero-order valence-corrected chi connectivity index (χ0v) is 17.0. The Hall–Kier alpha value is -1.06. The molecule has 3 nitrogen and oxygen atoms in total. The van der Waals surface area contributed by atoms with Gasteiger partial charge in [0.1, 0.15) is 0 Å². The largest absolute Gasteiger partial charge is 0.320 e. The van der Waals surface area contributed by atoms with Crippen molar-refractivity contribution in [3.8, 4) is 0 Å². The lowest BCUT2D eigenvalue weighted by molar-refractivity contribution is -0.924. The van der Waals surface area contributed by atoms with Crippen molar-refractivity contribution in [2.45, 2.75) is 66.3 Å². The number of amides is 1. The zero-order chi connectivity index (χ0) is 18.3. The quantitative estimate of drug-likeness (QED) is 0.597. The summed E-state index contributed by atoms with van der Waals surface area (Å²) in [4.78, 5) is 13.1. The molecule has 0 aliphatic heterocycles. The van der Waals surface area contributed by atoms with Crippen molar-refractivity contribution in [2.24, 2.45) is 0 Å². The smallest absolute Gasteiger partial charge is 0.282 e. The first-order chi connectivity index (χ1) is 11.3. The molecule has 4 heteroatoms. The van der Waals surface area contributed by atoms with Gasteiger partial charge in [-0.1, -0.05) is 38.8 Å². The highest BCUT2D eigenvalue weighted by atomic mass is 35.5. The van der Waals surface area contributed by atoms with Gasteiger partial charge >= 0.3 is 0 Å². The number of aryl methyl sites for hydroxylation is 2. The second-order valence-electron chi connectivity index (χ2n) is 7.11. The topological polar surface area (TPSA) is 29.1 Å². The maximum atomic E-state index is 13.1. The molecular formula is C20H34ClN2O+. The fraction of sp³-hybridized carbons (Fsp3) is 0.650. The normalized spacial score (nSPS) is 15.0. The summed E-state index contributed by atoms with van der Waals surface area (Å²) in [5.74, 6) is 0.123. The lowest BCUT2D eigenvalue weighted by Gasteiger charge is -2.40. The third-order valence-corrected chi connectivity index (χ3v) is 5.16. The lowest BCUT2D eigenvalue weighted by atomic mass is 10.1. The van der Waals surface area contributed by atoms with Crippen LogP contribution in [0.4, 0.5) is 5.69 Å². The first kappa shape index (κ1) is 21.0. The Morgan fingerprint density at radius 3 is 2.17 bits per heavy atom. The first-order valence-electron chi connectivity index (χ1n) is 9.20. The van der Waals surface area contributed by atoms with Crippen LogP contribution in [0.1, 0.15) is 57.6 Å². The highest BCUT2D eigenvalue weighted by Crippen LogP contribution is 2.26. The van der Waals surface area contributed by atoms with Crippen LogP contribution in [0.5, 0.6) is 0 Å². The lowest BCUT2D eigenvalue weighted by Crippen LogP contribution is -2.58. The van der Waals surface area contributed by atoms with Gasteiger partial charge in [-0.05, 0) is 49.9 Å². The van der Waals surface area contributed by atoms with Gasteiger partial charge in [-0.3, -0.25) is 4.79 Å². The minimum absolute atomic E-state index is 0.0222. The van der Waals surface area contributed by atoms with Crippen molar-refractivity contribution in [3.05, 3.63) is 28.3 Å². The molecule has 0 aromatic heterocycles. The molecule has 1 amide bonds. The number of halogens is 1. The minimum Gasteiger partial charge on any atom is -0.320 e. The van der Waals surface area contributed by atoms with Gasteiger partial charge in [0.25, 0.3) is 5.91 Å². The van der Waals surface area contributed by atoms with E-state index in [0.29, 0.717) is 5.02 Å². The average Bonchev–Trinajstić information content (AvgIpc) is 2.49. The van der Waals surface area contributed by atoms with E-state index in [-0.39, 0.29) is 11.9 Å². The van der Waals surface area contributed by atoms with Crippen molar-refractivity contribution in [3.63, 3.8) is 0 Å². The predicted molar refractivity (Wildman–Crippen MR) is 105 cm³/mol. The second-order valence-corrected chi connectivity index (χ2v) is 7.54. The third kappa shape index (κ3) is 5.22. The fourth-order valence-corrected chi connectivity index (χ4v) is 4.00. The van der Waals surface area contributed by atoms with Crippen LogP contribution in [0, 0.1) is 13.8 Å². The Morgan fingerprint density at radius 1 is 1.12 bits per heavy atom. The van der Waals surface area contributed by atoms with Crippen LogP contribution in [0.25, 0.3) is 0 Å². The zero-order valence-electron chi connectivity index (χ0n) is 16.2. The number of anilines is 1. The number of carbonyl (C=O) groups is 1. The summed E-state index contributed by atoms with van der Waals surface area (Å²) in [5.41, 5.74) is 2.93. The number of hydrogen-bond acceptors (Lipinski definition) is 1. The van der Waals surface area contributed by atoms with Crippen molar-refractivity contribution < 1.29 is 9.28 Å². The van der Waals surface area contributed by atoms with E-state index in [1.165, 1.54) is 0 Å². The molecular weight excluding hydrogens is 320 g/mol. The van der Waals surface area contributed by atoms with Gasteiger partial charge in [0.05, 0.1) is 20.1 Å². The number of rotatable bonds is 9. The molecule has 1 rings (SSSR count). The summed E-state index contributed by atoms with van der Waals surface area (Å²) in [6.45, 7) is 12.6. The average molecular weight is 354 g/mol. The highest BCUT2D eigenvalue weighted by molar-refractivity contribution is 6.30. The van der Waals surface area contributed by atoms with E-state index in [9.17, 15) is 4.79 Å². The van der Waals surface area contributed by atoms with E-state index in [2.05, 4.69) is 33.1 Å². The Bertz CT molecular complexity index is 536. The predicted octanol–water partition coefficient (Wildman–Crippen LogP) is 5.33.